The number of hydrogen-bond donors (Lipinski definition) is 0. The monoisotopic (exact) mass is 637 g/mol. The number of unbranched alkanes of at least 4 members (excludes halogenated alkanes) is 10. The van der Waals surface area contributed by atoms with Crippen LogP contribution in [0.25, 0.3) is 44.5 Å². The highest BCUT2D eigenvalue weighted by atomic mass is 16.5. The molecule has 0 aliphatic heterocycles. The molecule has 0 spiro atoms. The highest BCUT2D eigenvalue weighted by molar-refractivity contribution is 5.90. The van der Waals surface area contributed by atoms with E-state index in [9.17, 15) is 5.26 Å². The van der Waals surface area contributed by atoms with Crippen LogP contribution in [0, 0.1) is 11.3 Å². The number of benzene rings is 3. The first-order chi connectivity index (χ1) is 23.7. The average molecular weight is 638 g/mol. The molecule has 3 heteroatoms. The van der Waals surface area contributed by atoms with Crippen molar-refractivity contribution in [1.82, 2.24) is 0 Å². The van der Waals surface area contributed by atoms with E-state index in [2.05, 4.69) is 123 Å². The Morgan fingerprint density at radius 3 is 1.35 bits per heavy atom. The summed E-state index contributed by atoms with van der Waals surface area (Å²) in [5, 5.41) is 10.3. The van der Waals surface area contributed by atoms with Gasteiger partial charge in [0.25, 0.3) is 0 Å². The van der Waals surface area contributed by atoms with Gasteiger partial charge in [0, 0.05) is 11.1 Å². The summed E-state index contributed by atoms with van der Waals surface area (Å²) in [4.78, 5) is 0. The molecule has 0 unspecified atom stereocenters. The summed E-state index contributed by atoms with van der Waals surface area (Å²) in [6.45, 7) is 6.03. The van der Waals surface area contributed by atoms with Gasteiger partial charge in [0.2, 0.25) is 0 Å². The van der Waals surface area contributed by atoms with Gasteiger partial charge in [-0.2, -0.15) is 5.26 Å². The van der Waals surface area contributed by atoms with Crippen LogP contribution >= 0.6 is 0 Å². The van der Waals surface area contributed by atoms with Crippen molar-refractivity contribution in [3.63, 3.8) is 0 Å². The Morgan fingerprint density at radius 2 is 0.833 bits per heavy atom. The molecule has 0 amide bonds. The Hall–Kier alpha value is -4.55. The third-order valence-electron chi connectivity index (χ3n) is 9.22. The molecule has 0 radical (unpaired) electrons. The lowest BCUT2D eigenvalue weighted by Crippen LogP contribution is -1.97. The molecule has 48 heavy (non-hydrogen) atoms. The van der Waals surface area contributed by atoms with Gasteiger partial charge < -0.3 is 9.47 Å². The summed E-state index contributed by atoms with van der Waals surface area (Å²) in [5.74, 6) is 1.83. The molecule has 5 rings (SSSR count). The van der Waals surface area contributed by atoms with Crippen molar-refractivity contribution in [3.8, 4) is 62.1 Å². The predicted octanol–water partition coefficient (Wildman–Crippen LogP) is 13.1. The predicted molar refractivity (Wildman–Crippen MR) is 202 cm³/mol. The Balaban J connectivity index is 1.22. The van der Waals surface area contributed by atoms with Crippen molar-refractivity contribution in [1.29, 1.82) is 5.26 Å². The lowest BCUT2D eigenvalue weighted by molar-refractivity contribution is 0.304. The fraction of sp³-hybridized carbons (Fsp3) is 0.356. The van der Waals surface area contributed by atoms with Crippen molar-refractivity contribution in [2.75, 3.05) is 13.2 Å². The summed E-state index contributed by atoms with van der Waals surface area (Å²) in [6.07, 6.45) is 15.1. The number of nitriles is 1. The molecule has 2 aliphatic rings. The highest BCUT2D eigenvalue weighted by Gasteiger charge is 2.17. The SMILES string of the molecule is CCCCCCCCOc1ccc(-c2ccc(-c3cc4cccc(-c5ccc(OCCCCCCCC)cc5)cc-4c3C#N)cc2)cc1. The van der Waals surface area contributed by atoms with Gasteiger partial charge in [0.1, 0.15) is 17.6 Å². The molecule has 0 fully saturated rings. The van der Waals surface area contributed by atoms with Gasteiger partial charge in [-0.05, 0) is 82.6 Å². The minimum Gasteiger partial charge on any atom is -0.494 e. The molecule has 0 atom stereocenters. The van der Waals surface area contributed by atoms with Gasteiger partial charge in [0.15, 0.2) is 0 Å². The molecular weight excluding hydrogens is 587 g/mol. The van der Waals surface area contributed by atoms with Gasteiger partial charge in [-0.15, -0.1) is 0 Å². The molecule has 0 aromatic heterocycles. The smallest absolute Gasteiger partial charge is 0.119 e. The van der Waals surface area contributed by atoms with Crippen LogP contribution < -0.4 is 9.47 Å². The van der Waals surface area contributed by atoms with Crippen LogP contribution in [-0.4, -0.2) is 13.2 Å². The number of rotatable bonds is 19. The van der Waals surface area contributed by atoms with Gasteiger partial charge in [-0.1, -0.05) is 145 Å². The molecule has 0 N–H and O–H groups in total. The van der Waals surface area contributed by atoms with E-state index >= 15 is 0 Å². The fourth-order valence-electron chi connectivity index (χ4n) is 6.35. The minimum atomic E-state index is 0.709. The summed E-state index contributed by atoms with van der Waals surface area (Å²) < 4.78 is 12.0. The molecule has 3 aromatic rings. The zero-order valence-corrected chi connectivity index (χ0v) is 29.0. The van der Waals surface area contributed by atoms with E-state index in [0.717, 1.165) is 82.1 Å². The van der Waals surface area contributed by atoms with E-state index in [1.807, 2.05) is 0 Å². The molecule has 0 saturated heterocycles. The van der Waals surface area contributed by atoms with Crippen molar-refractivity contribution in [2.24, 2.45) is 0 Å². The quantitative estimate of drug-likeness (QED) is 0.0846. The van der Waals surface area contributed by atoms with E-state index in [1.165, 1.54) is 64.2 Å². The van der Waals surface area contributed by atoms with E-state index in [4.69, 9.17) is 9.47 Å². The summed E-state index contributed by atoms with van der Waals surface area (Å²) in [5.41, 5.74) is 9.23. The zero-order chi connectivity index (χ0) is 33.4. The zero-order valence-electron chi connectivity index (χ0n) is 29.0. The van der Waals surface area contributed by atoms with Crippen LogP contribution in [0.15, 0.2) is 103 Å². The van der Waals surface area contributed by atoms with Crippen LogP contribution in [0.1, 0.15) is 96.5 Å². The second-order valence-corrected chi connectivity index (χ2v) is 12.9. The maximum atomic E-state index is 10.3. The Bertz CT molecular complexity index is 1680. The largest absolute Gasteiger partial charge is 0.494 e. The molecule has 0 heterocycles. The van der Waals surface area contributed by atoms with E-state index in [-0.39, 0.29) is 0 Å². The normalized spacial score (nSPS) is 11.0. The average Bonchev–Trinajstić information content (AvgIpc) is 3.34. The van der Waals surface area contributed by atoms with Gasteiger partial charge in [-0.3, -0.25) is 0 Å². The first-order valence-electron chi connectivity index (χ1n) is 18.2. The lowest BCUT2D eigenvalue weighted by atomic mass is 9.99. The standard InChI is InChI=1S/C45H51NO2/c1-3-5-7-9-11-13-30-47-41-26-22-36(23-27-41)35-18-20-38(21-19-35)43-33-40-17-15-16-39(32-44(40)45(43)34-46)37-24-28-42(29-25-37)48-31-14-12-10-8-6-4-2/h15-29,32-33H,3-14,30-31H2,1-2H3. The minimum absolute atomic E-state index is 0.709. The van der Waals surface area contributed by atoms with Crippen LogP contribution in [-0.2, 0) is 0 Å². The van der Waals surface area contributed by atoms with Crippen molar-refractivity contribution in [2.45, 2.75) is 90.9 Å². The maximum absolute atomic E-state index is 10.3. The van der Waals surface area contributed by atoms with Crippen molar-refractivity contribution >= 4 is 0 Å². The van der Waals surface area contributed by atoms with Crippen LogP contribution in [0.2, 0.25) is 0 Å². The molecule has 2 aliphatic carbocycles. The summed E-state index contributed by atoms with van der Waals surface area (Å²) in [7, 11) is 0. The molecular formula is C45H51NO2. The Labute approximate surface area is 288 Å². The summed E-state index contributed by atoms with van der Waals surface area (Å²) >= 11 is 0. The van der Waals surface area contributed by atoms with Crippen LogP contribution in [0.3, 0.4) is 0 Å². The first kappa shape index (κ1) is 34.8. The number of nitrogens with zero attached hydrogens (tertiary/aromatic N) is 1. The fourth-order valence-corrected chi connectivity index (χ4v) is 6.35. The number of ether oxygens (including phenoxy) is 2. The van der Waals surface area contributed by atoms with E-state index in [0.29, 0.717) is 5.56 Å². The van der Waals surface area contributed by atoms with Crippen LogP contribution in [0.4, 0.5) is 0 Å². The van der Waals surface area contributed by atoms with Gasteiger partial charge in [-0.25, -0.2) is 0 Å². The Kier molecular flexibility index (Phi) is 13.5. The lowest BCUT2D eigenvalue weighted by Gasteiger charge is -2.08. The molecule has 0 saturated carbocycles. The third kappa shape index (κ3) is 9.74. The van der Waals surface area contributed by atoms with E-state index < -0.39 is 0 Å². The number of hydrogen-bond acceptors (Lipinski definition) is 3. The number of fused-ring (bicyclic) bond motifs is 1. The second-order valence-electron chi connectivity index (χ2n) is 12.9. The topological polar surface area (TPSA) is 42.2 Å². The van der Waals surface area contributed by atoms with Gasteiger partial charge >= 0.3 is 0 Å². The van der Waals surface area contributed by atoms with E-state index in [1.54, 1.807) is 0 Å². The van der Waals surface area contributed by atoms with Crippen molar-refractivity contribution < 1.29 is 9.47 Å². The Morgan fingerprint density at radius 1 is 0.438 bits per heavy atom. The van der Waals surface area contributed by atoms with Crippen molar-refractivity contribution in [3.05, 3.63) is 109 Å². The van der Waals surface area contributed by atoms with Gasteiger partial charge in [0.05, 0.1) is 18.8 Å². The second kappa shape index (κ2) is 18.7. The summed E-state index contributed by atoms with van der Waals surface area (Å²) in [6, 6.07) is 38.3. The molecule has 248 valence electrons. The molecule has 3 aromatic carbocycles. The highest BCUT2D eigenvalue weighted by Crippen LogP contribution is 2.39. The first-order valence-corrected chi connectivity index (χ1v) is 18.2. The molecule has 3 nitrogen and oxygen atoms in total. The molecule has 0 bridgehead atoms. The maximum Gasteiger partial charge on any atom is 0.119 e. The van der Waals surface area contributed by atoms with Crippen LogP contribution in [0.5, 0.6) is 11.5 Å². The third-order valence-corrected chi connectivity index (χ3v) is 9.22.